The van der Waals surface area contributed by atoms with Gasteiger partial charge >= 0.3 is 5.92 Å². The first-order valence-electron chi connectivity index (χ1n) is 11.4. The summed E-state index contributed by atoms with van der Waals surface area (Å²) in [5, 5.41) is 34.5. The quantitative estimate of drug-likeness (QED) is 0.412. The van der Waals surface area contributed by atoms with Crippen LogP contribution in [0.1, 0.15) is 49.1 Å². The number of H-pyrrole nitrogens is 1. The van der Waals surface area contributed by atoms with E-state index in [1.54, 1.807) is 6.08 Å². The molecule has 33 heavy (non-hydrogen) atoms. The third kappa shape index (κ3) is 4.99. The van der Waals surface area contributed by atoms with Crippen LogP contribution in [0.25, 0.3) is 0 Å². The zero-order valence-corrected chi connectivity index (χ0v) is 18.7. The van der Waals surface area contributed by atoms with Gasteiger partial charge in [-0.25, -0.2) is 5.10 Å². The molecule has 3 N–H and O–H groups in total. The SMILES string of the molecule is Cc1cccc(C(C)C(O)/C=C/[C@H]2C(O)CC3O/C(=C\CCCc4nnn[nH]4)C(F)(F)C32)c1. The molecule has 2 aromatic rings. The Labute approximate surface area is 191 Å². The van der Waals surface area contributed by atoms with Crippen molar-refractivity contribution in [3.63, 3.8) is 0 Å². The van der Waals surface area contributed by atoms with Crippen LogP contribution in [0, 0.1) is 18.8 Å². The summed E-state index contributed by atoms with van der Waals surface area (Å²) in [7, 11) is 0. The number of halogens is 2. The summed E-state index contributed by atoms with van der Waals surface area (Å²) in [6.45, 7) is 3.87. The zero-order valence-electron chi connectivity index (χ0n) is 18.7. The third-order valence-corrected chi connectivity index (χ3v) is 6.71. The molecule has 1 aliphatic heterocycles. The lowest BCUT2D eigenvalue weighted by atomic mass is 9.86. The highest BCUT2D eigenvalue weighted by Crippen LogP contribution is 2.54. The van der Waals surface area contributed by atoms with Crippen LogP contribution in [0.3, 0.4) is 0 Å². The second-order valence-electron chi connectivity index (χ2n) is 9.07. The van der Waals surface area contributed by atoms with Crippen LogP contribution in [-0.4, -0.2) is 55.1 Å². The number of nitrogens with one attached hydrogen (secondary N) is 1. The van der Waals surface area contributed by atoms with Gasteiger partial charge in [0.05, 0.1) is 18.1 Å². The smallest absolute Gasteiger partial charge is 0.310 e. The maximum Gasteiger partial charge on any atom is 0.310 e. The number of allylic oxidation sites excluding steroid dienone is 2. The fourth-order valence-electron chi connectivity index (χ4n) is 4.81. The Morgan fingerprint density at radius 3 is 2.91 bits per heavy atom. The number of alkyl halides is 2. The van der Waals surface area contributed by atoms with Crippen molar-refractivity contribution in [2.75, 3.05) is 0 Å². The number of hydrogen-bond donors (Lipinski definition) is 3. The molecule has 0 spiro atoms. The van der Waals surface area contributed by atoms with Crippen molar-refractivity contribution in [3.8, 4) is 0 Å². The van der Waals surface area contributed by atoms with Gasteiger partial charge in [-0.3, -0.25) is 0 Å². The number of ether oxygens (including phenoxy) is 1. The van der Waals surface area contributed by atoms with Crippen molar-refractivity contribution >= 4 is 0 Å². The number of aliphatic hydroxyl groups excluding tert-OH is 2. The number of aliphatic hydroxyl groups is 2. The van der Waals surface area contributed by atoms with Crippen LogP contribution >= 0.6 is 0 Å². The molecule has 0 radical (unpaired) electrons. The molecule has 1 aromatic carbocycles. The molecule has 2 fully saturated rings. The molecule has 2 heterocycles. The minimum atomic E-state index is -3.18. The molecule has 7 nitrogen and oxygen atoms in total. The fraction of sp³-hybridized carbons (Fsp3) is 0.542. The third-order valence-electron chi connectivity index (χ3n) is 6.71. The normalized spacial score (nSPS) is 29.3. The zero-order chi connectivity index (χ0) is 23.6. The van der Waals surface area contributed by atoms with E-state index in [0.29, 0.717) is 25.1 Å². The molecular weight excluding hydrogens is 430 g/mol. The van der Waals surface area contributed by atoms with Crippen LogP contribution in [0.15, 0.2) is 48.3 Å². The molecule has 0 amide bonds. The number of aromatic nitrogens is 4. The lowest BCUT2D eigenvalue weighted by molar-refractivity contribution is -0.0273. The number of fused-ring (bicyclic) bond motifs is 1. The number of hydrogen-bond acceptors (Lipinski definition) is 6. The number of benzene rings is 1. The molecule has 0 bridgehead atoms. The second kappa shape index (κ2) is 9.69. The van der Waals surface area contributed by atoms with E-state index in [4.69, 9.17) is 4.74 Å². The van der Waals surface area contributed by atoms with Crippen molar-refractivity contribution in [1.82, 2.24) is 20.6 Å². The van der Waals surface area contributed by atoms with Crippen LogP contribution in [0.5, 0.6) is 0 Å². The molecule has 5 unspecified atom stereocenters. The first kappa shape index (κ1) is 23.5. The van der Waals surface area contributed by atoms with Gasteiger partial charge in [-0.15, -0.1) is 5.10 Å². The van der Waals surface area contributed by atoms with E-state index in [0.717, 1.165) is 11.1 Å². The lowest BCUT2D eigenvalue weighted by Crippen LogP contribution is -2.33. The summed E-state index contributed by atoms with van der Waals surface area (Å²) in [6, 6.07) is 7.84. The Hall–Kier alpha value is -2.65. The topological polar surface area (TPSA) is 104 Å². The Kier molecular flexibility index (Phi) is 6.90. The van der Waals surface area contributed by atoms with Gasteiger partial charge in [0.25, 0.3) is 0 Å². The highest BCUT2D eigenvalue weighted by atomic mass is 19.3. The van der Waals surface area contributed by atoms with Crippen molar-refractivity contribution in [2.45, 2.75) is 69.7 Å². The second-order valence-corrected chi connectivity index (χ2v) is 9.07. The number of aromatic amines is 1. The number of nitrogens with zero attached hydrogens (tertiary/aromatic N) is 3. The first-order chi connectivity index (χ1) is 15.8. The van der Waals surface area contributed by atoms with E-state index in [1.165, 1.54) is 12.2 Å². The average Bonchev–Trinajstić information content (AvgIpc) is 3.46. The van der Waals surface area contributed by atoms with Crippen LogP contribution in [0.2, 0.25) is 0 Å². The molecule has 1 saturated heterocycles. The van der Waals surface area contributed by atoms with Gasteiger partial charge in [-0.1, -0.05) is 48.9 Å². The first-order valence-corrected chi connectivity index (χ1v) is 11.4. The molecule has 178 valence electrons. The predicted octanol–water partition coefficient (Wildman–Crippen LogP) is 3.47. The summed E-state index contributed by atoms with van der Waals surface area (Å²) < 4.78 is 36.1. The fourth-order valence-corrected chi connectivity index (χ4v) is 4.81. The predicted molar refractivity (Wildman–Crippen MR) is 117 cm³/mol. The Morgan fingerprint density at radius 1 is 1.36 bits per heavy atom. The molecule has 9 heteroatoms. The monoisotopic (exact) mass is 460 g/mol. The van der Waals surface area contributed by atoms with Crippen LogP contribution in [-0.2, 0) is 11.2 Å². The molecule has 4 rings (SSSR count). The van der Waals surface area contributed by atoms with Crippen molar-refractivity contribution in [3.05, 3.63) is 65.2 Å². The highest BCUT2D eigenvalue weighted by molar-refractivity contribution is 5.27. The summed E-state index contributed by atoms with van der Waals surface area (Å²) in [6.07, 6.45) is 3.67. The molecule has 2 aliphatic rings. The maximum absolute atomic E-state index is 15.2. The minimum Gasteiger partial charge on any atom is -0.488 e. The summed E-state index contributed by atoms with van der Waals surface area (Å²) in [4.78, 5) is 0. The number of rotatable bonds is 8. The largest absolute Gasteiger partial charge is 0.488 e. The van der Waals surface area contributed by atoms with E-state index < -0.39 is 36.1 Å². The van der Waals surface area contributed by atoms with Gasteiger partial charge in [0.1, 0.15) is 11.9 Å². The Morgan fingerprint density at radius 2 is 2.18 bits per heavy atom. The standard InChI is InChI=1S/C24H30F2N4O3/c1-14-6-5-7-16(12-14)15(2)18(31)11-10-17-19(32)13-20-23(17)24(25,26)21(33-20)8-3-4-9-22-27-29-30-28-22/h5-8,10-12,15,17-20,23,31-32H,3-4,9,13H2,1-2H3,(H,27,28,29,30)/b11-10+,21-8-/t15?,17-,18?,19?,20?,23?/m0/s1. The molecule has 6 atom stereocenters. The molecule has 1 aliphatic carbocycles. The summed E-state index contributed by atoms with van der Waals surface area (Å²) in [5.74, 6) is -5.06. The van der Waals surface area contributed by atoms with Gasteiger partial charge in [-0.05, 0) is 41.8 Å². The van der Waals surface area contributed by atoms with E-state index in [9.17, 15) is 10.2 Å². The van der Waals surface area contributed by atoms with Crippen molar-refractivity contribution in [2.24, 2.45) is 11.8 Å². The summed E-state index contributed by atoms with van der Waals surface area (Å²) >= 11 is 0. The molecular formula is C24H30F2N4O3. The van der Waals surface area contributed by atoms with Crippen molar-refractivity contribution in [1.29, 1.82) is 0 Å². The number of tetrazole rings is 1. The Balaban J connectivity index is 1.41. The van der Waals surface area contributed by atoms with E-state index in [-0.39, 0.29) is 18.1 Å². The maximum atomic E-state index is 15.2. The van der Waals surface area contributed by atoms with Crippen LogP contribution in [0.4, 0.5) is 8.78 Å². The van der Waals surface area contributed by atoms with Gasteiger partial charge in [0.15, 0.2) is 5.76 Å². The van der Waals surface area contributed by atoms with Gasteiger partial charge in [-0.2, -0.15) is 8.78 Å². The molecule has 1 aromatic heterocycles. The number of aryl methyl sites for hydroxylation is 2. The number of unbranched alkanes of at least 4 members (excludes halogenated alkanes) is 1. The van der Waals surface area contributed by atoms with E-state index >= 15 is 8.78 Å². The Bertz CT molecular complexity index is 995. The average molecular weight is 461 g/mol. The van der Waals surface area contributed by atoms with Gasteiger partial charge < -0.3 is 14.9 Å². The molecule has 1 saturated carbocycles. The van der Waals surface area contributed by atoms with Crippen LogP contribution < -0.4 is 0 Å². The van der Waals surface area contributed by atoms with Gasteiger partial charge in [0, 0.05) is 24.7 Å². The highest BCUT2D eigenvalue weighted by Gasteiger charge is 2.63. The van der Waals surface area contributed by atoms with Crippen molar-refractivity contribution < 1.29 is 23.7 Å². The summed E-state index contributed by atoms with van der Waals surface area (Å²) in [5.41, 5.74) is 2.06. The van der Waals surface area contributed by atoms with Gasteiger partial charge in [0.2, 0.25) is 0 Å². The van der Waals surface area contributed by atoms with E-state index in [1.807, 2.05) is 38.1 Å². The van der Waals surface area contributed by atoms with E-state index in [2.05, 4.69) is 20.6 Å². The lowest BCUT2D eigenvalue weighted by Gasteiger charge is -2.23. The minimum absolute atomic E-state index is 0.139.